The lowest BCUT2D eigenvalue weighted by atomic mass is 9.85. The smallest absolute Gasteiger partial charge is 0.305 e. The normalized spacial score (nSPS) is 35.0. The average molecular weight is 273 g/mol. The minimum atomic E-state index is -0.960. The van der Waals surface area contributed by atoms with Crippen molar-refractivity contribution in [2.24, 2.45) is 5.92 Å². The maximum absolute atomic E-state index is 13.3. The molecule has 2 fully saturated rings. The molecule has 0 radical (unpaired) electrons. The fourth-order valence-electron chi connectivity index (χ4n) is 2.91. The van der Waals surface area contributed by atoms with Gasteiger partial charge < -0.3 is 15.2 Å². The summed E-state index contributed by atoms with van der Waals surface area (Å²) in [6.07, 6.45) is 1.59. The van der Waals surface area contributed by atoms with Crippen molar-refractivity contribution in [1.82, 2.24) is 5.32 Å². The molecule has 1 saturated carbocycles. The lowest BCUT2D eigenvalue weighted by molar-refractivity contribution is -0.139. The van der Waals surface area contributed by atoms with Crippen molar-refractivity contribution < 1.29 is 23.8 Å². The minimum absolute atomic E-state index is 0.148. The number of hydrogen-bond acceptors (Lipinski definition) is 3. The summed E-state index contributed by atoms with van der Waals surface area (Å²) in [5.74, 6) is -1.53. The highest BCUT2D eigenvalue weighted by atomic mass is 19.1. The second kappa shape index (κ2) is 5.86. The number of halogens is 1. The summed E-state index contributed by atoms with van der Waals surface area (Å²) in [5.41, 5.74) is -0.813. The van der Waals surface area contributed by atoms with Crippen LogP contribution in [0, 0.1) is 5.92 Å². The number of rotatable bonds is 4. The summed E-state index contributed by atoms with van der Waals surface area (Å²) in [7, 11) is 0. The van der Waals surface area contributed by atoms with Gasteiger partial charge in [0, 0.05) is 12.5 Å². The van der Waals surface area contributed by atoms with Gasteiger partial charge in [0.25, 0.3) is 0 Å². The van der Waals surface area contributed by atoms with Crippen LogP contribution in [0.2, 0.25) is 0 Å². The topological polar surface area (TPSA) is 75.6 Å². The van der Waals surface area contributed by atoms with E-state index in [2.05, 4.69) is 5.32 Å². The van der Waals surface area contributed by atoms with Gasteiger partial charge >= 0.3 is 5.97 Å². The van der Waals surface area contributed by atoms with Gasteiger partial charge in [0.15, 0.2) is 0 Å². The molecule has 2 rings (SSSR count). The molecule has 1 aliphatic heterocycles. The first-order chi connectivity index (χ1) is 9.01. The monoisotopic (exact) mass is 273 g/mol. The molecule has 5 nitrogen and oxygen atoms in total. The zero-order valence-corrected chi connectivity index (χ0v) is 10.9. The van der Waals surface area contributed by atoms with Gasteiger partial charge in [-0.05, 0) is 32.1 Å². The Bertz CT molecular complexity index is 355. The zero-order valence-electron chi connectivity index (χ0n) is 10.9. The van der Waals surface area contributed by atoms with Crippen LogP contribution in [0.1, 0.15) is 38.5 Å². The second-order valence-electron chi connectivity index (χ2n) is 5.60. The van der Waals surface area contributed by atoms with Crippen LogP contribution < -0.4 is 5.32 Å². The fourth-order valence-corrected chi connectivity index (χ4v) is 2.91. The molecule has 0 aromatic carbocycles. The number of carboxylic acid groups (broad SMARTS) is 1. The van der Waals surface area contributed by atoms with Crippen molar-refractivity contribution >= 4 is 11.9 Å². The van der Waals surface area contributed by atoms with E-state index < -0.39 is 17.7 Å². The molecule has 0 aromatic heterocycles. The van der Waals surface area contributed by atoms with E-state index in [1.54, 1.807) is 0 Å². The molecule has 0 bridgehead atoms. The van der Waals surface area contributed by atoms with Crippen LogP contribution >= 0.6 is 0 Å². The molecule has 2 N–H and O–H groups in total. The third-order valence-corrected chi connectivity index (χ3v) is 3.96. The van der Waals surface area contributed by atoms with Crippen LogP contribution in [0.3, 0.4) is 0 Å². The summed E-state index contributed by atoms with van der Waals surface area (Å²) in [6.45, 7) is 0.667. The molecular weight excluding hydrogens is 253 g/mol. The Morgan fingerprint density at radius 3 is 2.79 bits per heavy atom. The number of carbonyl (C=O) groups excluding carboxylic acids is 1. The molecule has 1 amide bonds. The number of nitrogens with one attached hydrogen (secondary N) is 1. The van der Waals surface area contributed by atoms with Crippen molar-refractivity contribution in [2.45, 2.75) is 50.2 Å². The zero-order chi connectivity index (χ0) is 13.9. The van der Waals surface area contributed by atoms with Crippen LogP contribution in [0.25, 0.3) is 0 Å². The van der Waals surface area contributed by atoms with E-state index in [-0.39, 0.29) is 31.3 Å². The van der Waals surface area contributed by atoms with E-state index in [4.69, 9.17) is 9.84 Å². The molecule has 108 valence electrons. The standard InChI is InChI=1S/C13H20FNO4/c14-10-3-1-2-9(6-10)12(18)15-13(7-11(16)17)4-5-19-8-13/h9-10H,1-8H2,(H,15,18)(H,16,17). The van der Waals surface area contributed by atoms with Crippen LogP contribution in [0.5, 0.6) is 0 Å². The Morgan fingerprint density at radius 1 is 1.42 bits per heavy atom. The Balaban J connectivity index is 1.96. The molecule has 0 aromatic rings. The SMILES string of the molecule is O=C(O)CC1(NC(=O)C2CCCC(F)C2)CCOC1. The highest BCUT2D eigenvalue weighted by molar-refractivity contribution is 5.80. The molecule has 1 heterocycles. The van der Waals surface area contributed by atoms with Gasteiger partial charge in [0.2, 0.25) is 5.91 Å². The predicted molar refractivity (Wildman–Crippen MR) is 65.4 cm³/mol. The maximum Gasteiger partial charge on any atom is 0.305 e. The van der Waals surface area contributed by atoms with Crippen LogP contribution in [-0.4, -0.2) is 41.9 Å². The number of hydrogen-bond donors (Lipinski definition) is 2. The molecule has 19 heavy (non-hydrogen) atoms. The molecule has 1 saturated heterocycles. The van der Waals surface area contributed by atoms with Gasteiger partial charge in [-0.3, -0.25) is 9.59 Å². The average Bonchev–Trinajstić information content (AvgIpc) is 2.76. The van der Waals surface area contributed by atoms with Gasteiger partial charge in [-0.15, -0.1) is 0 Å². The highest BCUT2D eigenvalue weighted by Gasteiger charge is 2.40. The Labute approximate surface area is 111 Å². The largest absolute Gasteiger partial charge is 0.481 e. The number of alkyl halides is 1. The van der Waals surface area contributed by atoms with Crippen molar-refractivity contribution in [2.75, 3.05) is 13.2 Å². The number of amides is 1. The van der Waals surface area contributed by atoms with E-state index in [1.165, 1.54) is 0 Å². The second-order valence-corrected chi connectivity index (χ2v) is 5.60. The Hall–Kier alpha value is -1.17. The first-order valence-electron chi connectivity index (χ1n) is 6.76. The molecule has 3 atom stereocenters. The lowest BCUT2D eigenvalue weighted by Crippen LogP contribution is -2.52. The van der Waals surface area contributed by atoms with E-state index in [9.17, 15) is 14.0 Å². The van der Waals surface area contributed by atoms with E-state index in [0.29, 0.717) is 32.3 Å². The summed E-state index contributed by atoms with van der Waals surface area (Å²) in [5, 5.41) is 11.7. The van der Waals surface area contributed by atoms with E-state index in [0.717, 1.165) is 0 Å². The number of ether oxygens (including phenoxy) is 1. The maximum atomic E-state index is 13.3. The van der Waals surface area contributed by atoms with Crippen molar-refractivity contribution in [3.05, 3.63) is 0 Å². The highest BCUT2D eigenvalue weighted by Crippen LogP contribution is 2.29. The quantitative estimate of drug-likeness (QED) is 0.808. The Morgan fingerprint density at radius 2 is 2.21 bits per heavy atom. The van der Waals surface area contributed by atoms with Crippen molar-refractivity contribution in [3.63, 3.8) is 0 Å². The van der Waals surface area contributed by atoms with Gasteiger partial charge in [0.05, 0.1) is 18.6 Å². The van der Waals surface area contributed by atoms with Gasteiger partial charge in [-0.2, -0.15) is 0 Å². The molecule has 6 heteroatoms. The Kier molecular flexibility index (Phi) is 4.39. The lowest BCUT2D eigenvalue weighted by Gasteiger charge is -2.31. The number of carbonyl (C=O) groups is 2. The number of carboxylic acids is 1. The fraction of sp³-hybridized carbons (Fsp3) is 0.846. The summed E-state index contributed by atoms with van der Waals surface area (Å²) in [6, 6.07) is 0. The van der Waals surface area contributed by atoms with Crippen LogP contribution in [0.15, 0.2) is 0 Å². The molecular formula is C13H20FNO4. The van der Waals surface area contributed by atoms with E-state index >= 15 is 0 Å². The molecule has 0 spiro atoms. The first-order valence-corrected chi connectivity index (χ1v) is 6.76. The van der Waals surface area contributed by atoms with Crippen molar-refractivity contribution in [1.29, 1.82) is 0 Å². The van der Waals surface area contributed by atoms with Gasteiger partial charge in [0.1, 0.15) is 6.17 Å². The minimum Gasteiger partial charge on any atom is -0.481 e. The molecule has 3 unspecified atom stereocenters. The molecule has 2 aliphatic rings. The third-order valence-electron chi connectivity index (χ3n) is 3.96. The third kappa shape index (κ3) is 3.65. The van der Waals surface area contributed by atoms with Gasteiger partial charge in [-0.25, -0.2) is 4.39 Å². The van der Waals surface area contributed by atoms with Crippen LogP contribution in [-0.2, 0) is 14.3 Å². The summed E-state index contributed by atoms with van der Waals surface area (Å²) >= 11 is 0. The summed E-state index contributed by atoms with van der Waals surface area (Å²) in [4.78, 5) is 23.1. The number of aliphatic carboxylic acids is 1. The predicted octanol–water partition coefficient (Wildman–Crippen LogP) is 1.26. The molecule has 1 aliphatic carbocycles. The van der Waals surface area contributed by atoms with Gasteiger partial charge in [-0.1, -0.05) is 0 Å². The van der Waals surface area contributed by atoms with Crippen molar-refractivity contribution in [3.8, 4) is 0 Å². The first kappa shape index (κ1) is 14.2. The van der Waals surface area contributed by atoms with Crippen LogP contribution in [0.4, 0.5) is 4.39 Å². The summed E-state index contributed by atoms with van der Waals surface area (Å²) < 4.78 is 18.5. The van der Waals surface area contributed by atoms with E-state index in [1.807, 2.05) is 0 Å².